The summed E-state index contributed by atoms with van der Waals surface area (Å²) in [7, 11) is 0. The van der Waals surface area contributed by atoms with E-state index in [4.69, 9.17) is 20.8 Å². The molecule has 0 saturated heterocycles. The molecular weight excluding hydrogens is 361 g/mol. The van der Waals surface area contributed by atoms with Crippen LogP contribution in [0.15, 0.2) is 46.9 Å². The molecule has 5 nitrogen and oxygen atoms in total. The van der Waals surface area contributed by atoms with Gasteiger partial charge in [0, 0.05) is 16.0 Å². The molecular formula is C19H15ClFNO4. The number of carbonyl (C=O) groups excluding carboxylic acids is 2. The number of hydrogen-bond donors (Lipinski definition) is 1. The van der Waals surface area contributed by atoms with Gasteiger partial charge in [0.2, 0.25) is 5.76 Å². The van der Waals surface area contributed by atoms with Crippen molar-refractivity contribution in [1.82, 2.24) is 0 Å². The van der Waals surface area contributed by atoms with Crippen LogP contribution in [-0.4, -0.2) is 18.0 Å². The van der Waals surface area contributed by atoms with Crippen LogP contribution in [0.25, 0.3) is 11.0 Å². The van der Waals surface area contributed by atoms with Gasteiger partial charge in [-0.2, -0.15) is 0 Å². The number of para-hydroxylation sites is 1. The monoisotopic (exact) mass is 375 g/mol. The lowest BCUT2D eigenvalue weighted by Gasteiger charge is -2.13. The fraction of sp³-hybridized carbons (Fsp3) is 0.158. The number of halogens is 2. The van der Waals surface area contributed by atoms with E-state index >= 15 is 0 Å². The van der Waals surface area contributed by atoms with E-state index in [-0.39, 0.29) is 16.5 Å². The molecule has 3 aromatic rings. The number of benzene rings is 2. The highest BCUT2D eigenvalue weighted by Gasteiger charge is 2.24. The van der Waals surface area contributed by atoms with Gasteiger partial charge in [-0.1, -0.05) is 29.8 Å². The quantitative estimate of drug-likeness (QED) is 0.670. The van der Waals surface area contributed by atoms with Crippen LogP contribution in [0.1, 0.15) is 23.0 Å². The van der Waals surface area contributed by atoms with E-state index in [1.54, 1.807) is 19.1 Å². The van der Waals surface area contributed by atoms with Gasteiger partial charge in [0.05, 0.1) is 5.69 Å². The van der Waals surface area contributed by atoms with Crippen molar-refractivity contribution in [2.45, 2.75) is 20.0 Å². The number of carbonyl (C=O) groups is 2. The Hall–Kier alpha value is -2.86. The van der Waals surface area contributed by atoms with Gasteiger partial charge in [0.25, 0.3) is 5.91 Å². The van der Waals surface area contributed by atoms with Crippen molar-refractivity contribution in [3.63, 3.8) is 0 Å². The van der Waals surface area contributed by atoms with E-state index < -0.39 is 23.8 Å². The highest BCUT2D eigenvalue weighted by atomic mass is 35.5. The minimum absolute atomic E-state index is 0.0310. The summed E-state index contributed by atoms with van der Waals surface area (Å²) in [5.41, 5.74) is 1.13. The molecule has 1 atom stereocenters. The third-order valence-electron chi connectivity index (χ3n) is 3.87. The molecule has 7 heteroatoms. The molecule has 0 bridgehead atoms. The molecule has 0 fully saturated rings. The van der Waals surface area contributed by atoms with Gasteiger partial charge in [-0.3, -0.25) is 4.79 Å². The summed E-state index contributed by atoms with van der Waals surface area (Å²) in [5.74, 6) is -2.09. The van der Waals surface area contributed by atoms with E-state index in [1.165, 1.54) is 19.1 Å². The third-order valence-corrected chi connectivity index (χ3v) is 4.11. The largest absolute Gasteiger partial charge is 0.449 e. The molecule has 2 aromatic carbocycles. The Morgan fingerprint density at radius 1 is 1.23 bits per heavy atom. The van der Waals surface area contributed by atoms with Crippen LogP contribution in [0.5, 0.6) is 0 Å². The van der Waals surface area contributed by atoms with Gasteiger partial charge in [0.15, 0.2) is 6.10 Å². The summed E-state index contributed by atoms with van der Waals surface area (Å²) in [5, 5.41) is 3.35. The Balaban J connectivity index is 1.71. The Bertz CT molecular complexity index is 998. The first-order chi connectivity index (χ1) is 12.4. The van der Waals surface area contributed by atoms with Gasteiger partial charge in [-0.15, -0.1) is 0 Å². The number of hydrogen-bond acceptors (Lipinski definition) is 4. The highest BCUT2D eigenvalue weighted by Crippen LogP contribution is 2.26. The lowest BCUT2D eigenvalue weighted by molar-refractivity contribution is -0.123. The molecule has 0 aliphatic rings. The molecule has 134 valence electrons. The van der Waals surface area contributed by atoms with Crippen LogP contribution in [-0.2, 0) is 9.53 Å². The number of fused-ring (bicyclic) bond motifs is 1. The minimum Gasteiger partial charge on any atom is -0.449 e. The van der Waals surface area contributed by atoms with E-state index in [0.717, 1.165) is 11.5 Å². The fourth-order valence-corrected chi connectivity index (χ4v) is 2.62. The Kier molecular flexibility index (Phi) is 4.95. The standard InChI is InChI=1S/C19H15ClFNO4/c1-10-13-5-3-4-6-16(13)26-17(10)19(24)25-11(2)18(23)22-15-8-7-12(20)9-14(15)21/h3-9,11H,1-2H3,(H,22,23)/t11-/m1/s1. The maximum atomic E-state index is 13.8. The predicted molar refractivity (Wildman–Crippen MR) is 95.9 cm³/mol. The average molecular weight is 376 g/mol. The number of nitrogens with one attached hydrogen (secondary N) is 1. The van der Waals surface area contributed by atoms with Gasteiger partial charge in [-0.25, -0.2) is 9.18 Å². The molecule has 26 heavy (non-hydrogen) atoms. The van der Waals surface area contributed by atoms with Crippen molar-refractivity contribution < 1.29 is 23.1 Å². The van der Waals surface area contributed by atoms with E-state index in [2.05, 4.69) is 5.32 Å². The number of aryl methyl sites for hydroxylation is 1. The topological polar surface area (TPSA) is 68.5 Å². The van der Waals surface area contributed by atoms with Gasteiger partial charge in [0.1, 0.15) is 11.4 Å². The van der Waals surface area contributed by atoms with Crippen molar-refractivity contribution in [2.75, 3.05) is 5.32 Å². The molecule has 1 aromatic heterocycles. The zero-order valence-corrected chi connectivity index (χ0v) is 14.8. The third kappa shape index (κ3) is 3.55. The molecule has 0 aliphatic carbocycles. The van der Waals surface area contributed by atoms with Gasteiger partial charge in [-0.05, 0) is 38.1 Å². The van der Waals surface area contributed by atoms with Crippen molar-refractivity contribution in [3.05, 3.63) is 64.6 Å². The van der Waals surface area contributed by atoms with Crippen molar-refractivity contribution in [2.24, 2.45) is 0 Å². The van der Waals surface area contributed by atoms with E-state index in [1.807, 2.05) is 12.1 Å². The highest BCUT2D eigenvalue weighted by molar-refractivity contribution is 6.30. The molecule has 0 aliphatic heterocycles. The second kappa shape index (κ2) is 7.17. The molecule has 0 radical (unpaired) electrons. The van der Waals surface area contributed by atoms with Gasteiger partial charge >= 0.3 is 5.97 Å². The number of esters is 1. The first kappa shape index (κ1) is 17.9. The van der Waals surface area contributed by atoms with Crippen molar-refractivity contribution >= 4 is 40.1 Å². The van der Waals surface area contributed by atoms with Crippen molar-refractivity contribution in [1.29, 1.82) is 0 Å². The number of amides is 1. The zero-order chi connectivity index (χ0) is 18.8. The molecule has 3 rings (SSSR count). The summed E-state index contributed by atoms with van der Waals surface area (Å²) in [6.45, 7) is 3.12. The summed E-state index contributed by atoms with van der Waals surface area (Å²) >= 11 is 5.67. The summed E-state index contributed by atoms with van der Waals surface area (Å²) < 4.78 is 24.4. The molecule has 0 saturated carbocycles. The van der Waals surface area contributed by atoms with Crippen LogP contribution in [0, 0.1) is 12.7 Å². The number of anilines is 1. The normalized spacial score (nSPS) is 12.0. The second-order valence-corrected chi connectivity index (χ2v) is 6.15. The smallest absolute Gasteiger partial charge is 0.375 e. The lowest BCUT2D eigenvalue weighted by atomic mass is 10.1. The van der Waals surface area contributed by atoms with Crippen LogP contribution < -0.4 is 5.32 Å². The Morgan fingerprint density at radius 3 is 2.65 bits per heavy atom. The zero-order valence-electron chi connectivity index (χ0n) is 14.0. The van der Waals surface area contributed by atoms with E-state index in [0.29, 0.717) is 11.1 Å². The minimum atomic E-state index is -1.15. The molecule has 1 heterocycles. The Morgan fingerprint density at radius 2 is 1.96 bits per heavy atom. The number of ether oxygens (including phenoxy) is 1. The first-order valence-electron chi connectivity index (χ1n) is 7.82. The van der Waals surface area contributed by atoms with Crippen molar-refractivity contribution in [3.8, 4) is 0 Å². The number of furan rings is 1. The van der Waals surface area contributed by atoms with Crippen LogP contribution in [0.2, 0.25) is 5.02 Å². The molecule has 1 amide bonds. The van der Waals surface area contributed by atoms with Crippen LogP contribution >= 0.6 is 11.6 Å². The molecule has 0 spiro atoms. The maximum absolute atomic E-state index is 13.8. The molecule has 1 N–H and O–H groups in total. The van der Waals surface area contributed by atoms with Gasteiger partial charge < -0.3 is 14.5 Å². The SMILES string of the molecule is Cc1c(C(=O)O[C@H](C)C(=O)Nc2ccc(Cl)cc2F)oc2ccccc12. The Labute approximate surface area is 153 Å². The van der Waals surface area contributed by atoms with E-state index in [9.17, 15) is 14.0 Å². The van der Waals surface area contributed by atoms with Crippen LogP contribution in [0.3, 0.4) is 0 Å². The maximum Gasteiger partial charge on any atom is 0.375 e. The predicted octanol–water partition coefficient (Wildman–Crippen LogP) is 4.72. The molecule has 0 unspecified atom stereocenters. The second-order valence-electron chi connectivity index (χ2n) is 5.71. The number of rotatable bonds is 4. The average Bonchev–Trinajstić information content (AvgIpc) is 2.94. The summed E-state index contributed by atoms with van der Waals surface area (Å²) in [6, 6.07) is 11.0. The summed E-state index contributed by atoms with van der Waals surface area (Å²) in [4.78, 5) is 24.5. The first-order valence-corrected chi connectivity index (χ1v) is 8.19. The summed E-state index contributed by atoms with van der Waals surface area (Å²) in [6.07, 6.45) is -1.15. The lowest BCUT2D eigenvalue weighted by Crippen LogP contribution is -2.30. The fourth-order valence-electron chi connectivity index (χ4n) is 2.46. The van der Waals surface area contributed by atoms with Crippen LogP contribution in [0.4, 0.5) is 10.1 Å².